The minimum atomic E-state index is -0.0925. The van der Waals surface area contributed by atoms with Crippen molar-refractivity contribution >= 4 is 0 Å². The van der Waals surface area contributed by atoms with Crippen molar-refractivity contribution in [3.8, 4) is 12.3 Å². The average Bonchev–Trinajstić information content (AvgIpc) is 2.27. The van der Waals surface area contributed by atoms with E-state index in [1.807, 2.05) is 0 Å². The Morgan fingerprint density at radius 3 is 2.28 bits per heavy atom. The van der Waals surface area contributed by atoms with Gasteiger partial charge in [-0.05, 0) is 31.8 Å². The van der Waals surface area contributed by atoms with Crippen LogP contribution in [0.15, 0.2) is 12.3 Å². The van der Waals surface area contributed by atoms with Gasteiger partial charge < -0.3 is 11.1 Å². The highest BCUT2D eigenvalue weighted by atomic mass is 15.0. The van der Waals surface area contributed by atoms with Gasteiger partial charge in [-0.15, -0.1) is 12.3 Å². The SMILES string of the molecule is C#CC[C@H](N)C(=C)[NH2+][C@@H](C)[C@@H](C)[C@@H](C)CC(C)C. The first kappa shape index (κ1) is 17.2. The first-order valence-corrected chi connectivity index (χ1v) is 7.02. The van der Waals surface area contributed by atoms with E-state index in [2.05, 4.69) is 52.4 Å². The predicted octanol–water partition coefficient (Wildman–Crippen LogP) is 2.12. The van der Waals surface area contributed by atoms with Gasteiger partial charge in [0.15, 0.2) is 0 Å². The minimum absolute atomic E-state index is 0.0925. The zero-order valence-corrected chi connectivity index (χ0v) is 12.7. The number of hydrogen-bond acceptors (Lipinski definition) is 1. The molecule has 0 heterocycles. The van der Waals surface area contributed by atoms with Crippen molar-refractivity contribution in [2.75, 3.05) is 0 Å². The molecule has 4 atom stereocenters. The monoisotopic (exact) mass is 251 g/mol. The lowest BCUT2D eigenvalue weighted by Crippen LogP contribution is -2.90. The Morgan fingerprint density at radius 2 is 1.83 bits per heavy atom. The summed E-state index contributed by atoms with van der Waals surface area (Å²) in [4.78, 5) is 0. The lowest BCUT2D eigenvalue weighted by atomic mass is 9.84. The normalized spacial score (nSPS) is 17.9. The van der Waals surface area contributed by atoms with Crippen LogP contribution in [-0.2, 0) is 0 Å². The van der Waals surface area contributed by atoms with Gasteiger partial charge in [-0.25, -0.2) is 0 Å². The van der Waals surface area contributed by atoms with E-state index >= 15 is 0 Å². The van der Waals surface area contributed by atoms with Crippen molar-refractivity contribution in [3.05, 3.63) is 12.3 Å². The summed E-state index contributed by atoms with van der Waals surface area (Å²) in [6, 6.07) is 0.403. The summed E-state index contributed by atoms with van der Waals surface area (Å²) in [5.41, 5.74) is 6.94. The maximum atomic E-state index is 5.96. The molecule has 0 saturated heterocycles. The van der Waals surface area contributed by atoms with Crippen LogP contribution in [0.1, 0.15) is 47.5 Å². The molecule has 0 radical (unpaired) electrons. The lowest BCUT2D eigenvalue weighted by Gasteiger charge is -2.27. The molecule has 0 aromatic heterocycles. The van der Waals surface area contributed by atoms with Crippen molar-refractivity contribution in [3.63, 3.8) is 0 Å². The Labute approximate surface area is 113 Å². The second-order valence-electron chi connectivity index (χ2n) is 6.08. The van der Waals surface area contributed by atoms with Gasteiger partial charge in [0.05, 0.1) is 12.1 Å². The molecule has 0 unspecified atom stereocenters. The van der Waals surface area contributed by atoms with Crippen LogP contribution in [0.2, 0.25) is 0 Å². The van der Waals surface area contributed by atoms with Gasteiger partial charge in [0.2, 0.25) is 0 Å². The molecular weight excluding hydrogens is 220 g/mol. The summed E-state index contributed by atoms with van der Waals surface area (Å²) in [6.07, 6.45) is 7.11. The average molecular weight is 251 g/mol. The van der Waals surface area contributed by atoms with Crippen LogP contribution in [0.3, 0.4) is 0 Å². The molecule has 0 fully saturated rings. The maximum absolute atomic E-state index is 5.96. The van der Waals surface area contributed by atoms with E-state index in [0.717, 1.165) is 11.6 Å². The molecule has 0 spiro atoms. The molecule has 0 saturated carbocycles. The van der Waals surface area contributed by atoms with E-state index < -0.39 is 0 Å². The fourth-order valence-electron chi connectivity index (χ4n) is 2.35. The molecule has 0 aromatic carbocycles. The third-order valence-corrected chi connectivity index (χ3v) is 3.86. The van der Waals surface area contributed by atoms with Crippen LogP contribution >= 0.6 is 0 Å². The molecule has 4 N–H and O–H groups in total. The summed E-state index contributed by atoms with van der Waals surface area (Å²) in [7, 11) is 0. The number of rotatable bonds is 8. The third-order valence-electron chi connectivity index (χ3n) is 3.86. The first-order valence-electron chi connectivity index (χ1n) is 7.02. The van der Waals surface area contributed by atoms with Gasteiger partial charge in [-0.1, -0.05) is 27.7 Å². The minimum Gasteiger partial charge on any atom is -0.319 e. The van der Waals surface area contributed by atoms with E-state index in [1.54, 1.807) is 0 Å². The van der Waals surface area contributed by atoms with Gasteiger partial charge in [-0.2, -0.15) is 0 Å². The van der Waals surface area contributed by atoms with Gasteiger partial charge in [0.25, 0.3) is 0 Å². The molecule has 0 aliphatic rings. The fraction of sp³-hybridized carbons (Fsp3) is 0.750. The summed E-state index contributed by atoms with van der Waals surface area (Å²) in [6.45, 7) is 15.5. The van der Waals surface area contributed by atoms with E-state index in [9.17, 15) is 0 Å². The van der Waals surface area contributed by atoms with Crippen LogP contribution in [-0.4, -0.2) is 12.1 Å². The van der Waals surface area contributed by atoms with Crippen molar-refractivity contribution < 1.29 is 5.32 Å². The van der Waals surface area contributed by atoms with Crippen LogP contribution in [0, 0.1) is 30.1 Å². The Bertz CT molecular complexity index is 288. The Kier molecular flexibility index (Phi) is 7.98. The topological polar surface area (TPSA) is 42.6 Å². The molecule has 0 amide bonds. The zero-order chi connectivity index (χ0) is 14.3. The highest BCUT2D eigenvalue weighted by Gasteiger charge is 2.24. The van der Waals surface area contributed by atoms with E-state index in [-0.39, 0.29) is 6.04 Å². The summed E-state index contributed by atoms with van der Waals surface area (Å²) >= 11 is 0. The maximum Gasteiger partial charge on any atom is 0.116 e. The molecule has 18 heavy (non-hydrogen) atoms. The van der Waals surface area contributed by atoms with Gasteiger partial charge in [-0.3, -0.25) is 0 Å². The molecular formula is C16H31N2+. The molecule has 0 aliphatic carbocycles. The van der Waals surface area contributed by atoms with Crippen molar-refractivity contribution in [1.29, 1.82) is 0 Å². The third kappa shape index (κ3) is 6.23. The van der Waals surface area contributed by atoms with E-state index in [0.29, 0.717) is 24.3 Å². The molecule has 2 nitrogen and oxygen atoms in total. The molecule has 0 bridgehead atoms. The summed E-state index contributed by atoms with van der Waals surface area (Å²) in [5, 5.41) is 2.20. The lowest BCUT2D eigenvalue weighted by molar-refractivity contribution is -0.650. The number of hydrogen-bond donors (Lipinski definition) is 2. The van der Waals surface area contributed by atoms with E-state index in [4.69, 9.17) is 12.2 Å². The van der Waals surface area contributed by atoms with Crippen molar-refractivity contribution in [1.82, 2.24) is 0 Å². The van der Waals surface area contributed by atoms with Gasteiger partial charge in [0, 0.05) is 12.3 Å². The first-order chi connectivity index (χ1) is 8.29. The molecule has 0 rings (SSSR count). The quantitative estimate of drug-likeness (QED) is 0.638. The molecule has 0 aromatic rings. The summed E-state index contributed by atoms with van der Waals surface area (Å²) in [5.74, 6) is 4.70. The van der Waals surface area contributed by atoms with E-state index in [1.165, 1.54) is 6.42 Å². The number of quaternary nitrogens is 1. The van der Waals surface area contributed by atoms with Crippen molar-refractivity contribution in [2.45, 2.75) is 59.5 Å². The van der Waals surface area contributed by atoms with Gasteiger partial charge in [0.1, 0.15) is 5.70 Å². The number of nitrogens with two attached hydrogens (primary N) is 2. The standard InChI is InChI=1S/C16H30N2/c1-8-9-16(17)15(7)18-14(6)13(5)12(4)10-11(2)3/h1,11-14,16,18H,7,9-10,17H2,2-6H3/p+1/t12-,13-,14-,16-/m0/s1. The smallest absolute Gasteiger partial charge is 0.116 e. The molecule has 2 heteroatoms. The second-order valence-corrected chi connectivity index (χ2v) is 6.08. The Hall–Kier alpha value is -0.780. The summed E-state index contributed by atoms with van der Waals surface area (Å²) < 4.78 is 0. The Morgan fingerprint density at radius 1 is 1.28 bits per heavy atom. The zero-order valence-electron chi connectivity index (χ0n) is 12.7. The predicted molar refractivity (Wildman–Crippen MR) is 79.7 cm³/mol. The highest BCUT2D eigenvalue weighted by Crippen LogP contribution is 2.21. The highest BCUT2D eigenvalue weighted by molar-refractivity contribution is 5.00. The fourth-order valence-corrected chi connectivity index (χ4v) is 2.35. The van der Waals surface area contributed by atoms with Crippen LogP contribution in [0.25, 0.3) is 0 Å². The van der Waals surface area contributed by atoms with Gasteiger partial charge >= 0.3 is 0 Å². The second kappa shape index (κ2) is 8.34. The largest absolute Gasteiger partial charge is 0.319 e. The van der Waals surface area contributed by atoms with Crippen LogP contribution in [0.5, 0.6) is 0 Å². The van der Waals surface area contributed by atoms with Crippen LogP contribution in [0.4, 0.5) is 0 Å². The molecule has 0 aliphatic heterocycles. The number of terminal acetylenes is 1. The van der Waals surface area contributed by atoms with Crippen LogP contribution < -0.4 is 11.1 Å². The Balaban J connectivity index is 4.27. The molecule has 104 valence electrons. The van der Waals surface area contributed by atoms with Crippen molar-refractivity contribution in [2.24, 2.45) is 23.5 Å².